The van der Waals surface area contributed by atoms with Crippen LogP contribution in [0.5, 0.6) is 5.75 Å². The molecule has 1 aliphatic carbocycles. The highest BCUT2D eigenvalue weighted by atomic mass is 31.1. The van der Waals surface area contributed by atoms with Gasteiger partial charge in [-0.3, -0.25) is 20.5 Å². The number of amides is 1. The fourth-order valence-electron chi connectivity index (χ4n) is 5.11. The zero-order chi connectivity index (χ0) is 25.2. The highest BCUT2D eigenvalue weighted by Crippen LogP contribution is 2.30. The molecular weight excluding hydrogens is 481 g/mol. The summed E-state index contributed by atoms with van der Waals surface area (Å²) in [5.41, 5.74) is 7.83. The van der Waals surface area contributed by atoms with Crippen LogP contribution in [0.4, 0.5) is 5.69 Å². The molecule has 2 aromatic rings. The lowest BCUT2D eigenvalue weighted by Gasteiger charge is -2.40. The van der Waals surface area contributed by atoms with Gasteiger partial charge in [0.25, 0.3) is 0 Å². The molecule has 190 valence electrons. The molecule has 1 atom stereocenters. The molecule has 0 radical (unpaired) electrons. The van der Waals surface area contributed by atoms with Gasteiger partial charge in [-0.2, -0.15) is 10.2 Å². The van der Waals surface area contributed by atoms with Gasteiger partial charge >= 0.3 is 8.18 Å². The molecule has 12 heteroatoms. The number of phenolic OH excluding ortho intramolecular Hbond substituents is 1. The second kappa shape index (κ2) is 10.3. The molecule has 2 aliphatic heterocycles. The van der Waals surface area contributed by atoms with E-state index < -0.39 is 8.18 Å². The molecule has 5 rings (SSSR count). The number of benzene rings is 1. The van der Waals surface area contributed by atoms with E-state index in [1.54, 1.807) is 47.6 Å². The predicted molar refractivity (Wildman–Crippen MR) is 134 cm³/mol. The van der Waals surface area contributed by atoms with Crippen LogP contribution in [0, 0.1) is 5.92 Å². The Bertz CT molecular complexity index is 1220. The third-order valence-corrected chi connectivity index (χ3v) is 7.54. The molecule has 3 heterocycles. The van der Waals surface area contributed by atoms with Crippen LogP contribution in [0.3, 0.4) is 0 Å². The van der Waals surface area contributed by atoms with Gasteiger partial charge in [-0.15, -0.1) is 0 Å². The first kappa shape index (κ1) is 24.3. The molecule has 1 saturated carbocycles. The SMILES string of the molecule is CC1CCC(N2CCN(c3cnn(C4=C(N[P+](=O)[O-])NNC(c5ccccc5O)=C4)c3)C(=O)C2)CC1. The van der Waals surface area contributed by atoms with Crippen LogP contribution in [-0.4, -0.2) is 51.4 Å². The summed E-state index contributed by atoms with van der Waals surface area (Å²) in [7, 11) is -2.94. The van der Waals surface area contributed by atoms with E-state index in [9.17, 15) is 19.4 Å². The molecule has 0 spiro atoms. The van der Waals surface area contributed by atoms with Crippen molar-refractivity contribution in [3.63, 3.8) is 0 Å². The van der Waals surface area contributed by atoms with Gasteiger partial charge in [-0.05, 0) is 54.4 Å². The Morgan fingerprint density at radius 2 is 1.94 bits per heavy atom. The number of aromatic nitrogens is 2. The summed E-state index contributed by atoms with van der Waals surface area (Å²) >= 11 is 0. The van der Waals surface area contributed by atoms with Gasteiger partial charge in [0.15, 0.2) is 5.82 Å². The zero-order valence-corrected chi connectivity index (χ0v) is 20.9. The molecular formula is C24H30N7O4P. The molecule has 11 nitrogen and oxygen atoms in total. The van der Waals surface area contributed by atoms with Crippen LogP contribution in [0.15, 0.2) is 48.6 Å². The average Bonchev–Trinajstić information content (AvgIpc) is 3.34. The highest BCUT2D eigenvalue weighted by molar-refractivity contribution is 7.34. The second-order valence-corrected chi connectivity index (χ2v) is 10.3. The van der Waals surface area contributed by atoms with E-state index >= 15 is 0 Å². The number of piperazine rings is 1. The fourth-order valence-corrected chi connectivity index (χ4v) is 5.46. The van der Waals surface area contributed by atoms with Crippen LogP contribution >= 0.6 is 8.18 Å². The first-order valence-electron chi connectivity index (χ1n) is 12.2. The summed E-state index contributed by atoms with van der Waals surface area (Å²) in [6.45, 7) is 4.07. The Hall–Kier alpha value is -3.40. The Labute approximate surface area is 210 Å². The van der Waals surface area contributed by atoms with Gasteiger partial charge < -0.3 is 14.9 Å². The average molecular weight is 512 g/mol. The van der Waals surface area contributed by atoms with Crippen molar-refractivity contribution in [1.29, 1.82) is 0 Å². The van der Waals surface area contributed by atoms with Crippen molar-refractivity contribution < 1.29 is 19.4 Å². The molecule has 1 aromatic heterocycles. The van der Waals surface area contributed by atoms with E-state index in [0.29, 0.717) is 41.8 Å². The van der Waals surface area contributed by atoms with Crippen molar-refractivity contribution in [2.24, 2.45) is 5.92 Å². The molecule has 4 N–H and O–H groups in total. The van der Waals surface area contributed by atoms with E-state index in [2.05, 4.69) is 32.9 Å². The van der Waals surface area contributed by atoms with Crippen LogP contribution in [0.25, 0.3) is 11.4 Å². The molecule has 1 aromatic carbocycles. The van der Waals surface area contributed by atoms with Crippen molar-refractivity contribution >= 4 is 31.2 Å². The fraction of sp³-hybridized carbons (Fsp3) is 0.417. The van der Waals surface area contributed by atoms with Crippen molar-refractivity contribution in [1.82, 2.24) is 30.6 Å². The molecule has 1 saturated heterocycles. The maximum Gasteiger partial charge on any atom is 0.439 e. The minimum Gasteiger partial charge on any atom is -0.573 e. The maximum absolute atomic E-state index is 13.1. The number of aromatic hydroxyl groups is 1. The number of hydrogen-bond acceptors (Lipinski definition) is 8. The first-order chi connectivity index (χ1) is 17.4. The molecule has 3 aliphatic rings. The van der Waals surface area contributed by atoms with E-state index in [-0.39, 0.29) is 17.5 Å². The Kier molecular flexibility index (Phi) is 6.95. The van der Waals surface area contributed by atoms with E-state index in [0.717, 1.165) is 25.3 Å². The van der Waals surface area contributed by atoms with Crippen LogP contribution < -0.4 is 25.7 Å². The summed E-state index contributed by atoms with van der Waals surface area (Å²) in [4.78, 5) is 28.5. The number of nitrogens with zero attached hydrogens (tertiary/aromatic N) is 4. The number of carbonyl (C=O) groups excluding carboxylic acids is 1. The van der Waals surface area contributed by atoms with E-state index in [4.69, 9.17) is 0 Å². The van der Waals surface area contributed by atoms with Gasteiger partial charge in [0.05, 0.1) is 30.3 Å². The largest absolute Gasteiger partial charge is 0.573 e. The summed E-state index contributed by atoms with van der Waals surface area (Å²) in [6.07, 6.45) is 9.70. The zero-order valence-electron chi connectivity index (χ0n) is 20.1. The highest BCUT2D eigenvalue weighted by Gasteiger charge is 2.32. The van der Waals surface area contributed by atoms with Gasteiger partial charge in [0.1, 0.15) is 11.4 Å². The Morgan fingerprint density at radius 3 is 2.67 bits per heavy atom. The first-order valence-corrected chi connectivity index (χ1v) is 13.3. The van der Waals surface area contributed by atoms with Crippen molar-refractivity contribution in [3.8, 4) is 5.75 Å². The van der Waals surface area contributed by atoms with Crippen molar-refractivity contribution in [2.45, 2.75) is 38.6 Å². The Morgan fingerprint density at radius 1 is 1.17 bits per heavy atom. The van der Waals surface area contributed by atoms with Crippen LogP contribution in [0.2, 0.25) is 0 Å². The molecule has 0 bridgehead atoms. The summed E-state index contributed by atoms with van der Waals surface area (Å²) in [5.74, 6) is 1.04. The normalized spacial score (nSPS) is 23.6. The van der Waals surface area contributed by atoms with Gasteiger partial charge in [-0.1, -0.05) is 19.1 Å². The van der Waals surface area contributed by atoms with Crippen molar-refractivity contribution in [3.05, 3.63) is 54.1 Å². The molecule has 1 amide bonds. The number of hydrazine groups is 1. The monoisotopic (exact) mass is 511 g/mol. The lowest BCUT2D eigenvalue weighted by atomic mass is 9.86. The lowest BCUT2D eigenvalue weighted by Crippen LogP contribution is -2.54. The number of phenols is 1. The smallest absolute Gasteiger partial charge is 0.439 e. The standard InChI is InChI=1S/C24H30N7O4P/c1-16-6-8-17(9-7-16)29-10-11-30(23(33)15-29)18-13-25-31(14-18)21-12-20(19-4-2-3-5-22(19)32)26-27-24(21)28-36(34)35/h2-5,12-14,16-17,26-27,32H,6-11,15H2,1H3,(H,28,34,35). The third-order valence-electron chi connectivity index (χ3n) is 7.14. The predicted octanol–water partition coefficient (Wildman–Crippen LogP) is 1.70. The van der Waals surface area contributed by atoms with Crippen molar-refractivity contribution in [2.75, 3.05) is 24.5 Å². The maximum atomic E-state index is 13.1. The second-order valence-electron chi connectivity index (χ2n) is 9.53. The number of para-hydroxylation sites is 1. The van der Waals surface area contributed by atoms with E-state index in [1.165, 1.54) is 17.5 Å². The molecule has 1 unspecified atom stereocenters. The number of anilines is 1. The number of rotatable bonds is 6. The molecule has 36 heavy (non-hydrogen) atoms. The number of hydrogen-bond donors (Lipinski definition) is 4. The van der Waals surface area contributed by atoms with Gasteiger partial charge in [-0.25, -0.2) is 4.68 Å². The topological polar surface area (TPSA) is 138 Å². The van der Waals surface area contributed by atoms with Crippen LogP contribution in [0.1, 0.15) is 38.2 Å². The number of allylic oxidation sites excluding steroid dienone is 2. The lowest BCUT2D eigenvalue weighted by molar-refractivity contribution is -0.166. The van der Waals surface area contributed by atoms with Crippen LogP contribution in [-0.2, 0) is 9.36 Å². The summed E-state index contributed by atoms with van der Waals surface area (Å²) < 4.78 is 12.9. The van der Waals surface area contributed by atoms with E-state index in [1.807, 2.05) is 0 Å². The minimum absolute atomic E-state index is 0.0308. The number of carbonyl (C=O) groups is 1. The van der Waals surface area contributed by atoms with Gasteiger partial charge in [0, 0.05) is 24.7 Å². The van der Waals surface area contributed by atoms with Gasteiger partial charge in [0.2, 0.25) is 5.91 Å². The molecule has 2 fully saturated rings. The third kappa shape index (κ3) is 5.09. The Balaban J connectivity index is 1.37. The quantitative estimate of drug-likeness (QED) is 0.427. The number of nitrogens with one attached hydrogen (secondary N) is 3. The summed E-state index contributed by atoms with van der Waals surface area (Å²) in [6, 6.07) is 7.27. The summed E-state index contributed by atoms with van der Waals surface area (Å²) in [5, 5.41) is 17.0. The minimum atomic E-state index is -2.94.